The van der Waals surface area contributed by atoms with E-state index >= 15 is 0 Å². The Morgan fingerprint density at radius 3 is 2.71 bits per heavy atom. The predicted octanol–water partition coefficient (Wildman–Crippen LogP) is 2.49. The van der Waals surface area contributed by atoms with Crippen LogP contribution >= 0.6 is 22.9 Å². The maximum absolute atomic E-state index is 12.6. The van der Waals surface area contributed by atoms with Crippen molar-refractivity contribution >= 4 is 39.8 Å². The fourth-order valence-corrected chi connectivity index (χ4v) is 4.33. The number of anilines is 1. The van der Waals surface area contributed by atoms with E-state index in [1.807, 2.05) is 23.6 Å². The number of rotatable bonds is 7. The quantitative estimate of drug-likeness (QED) is 0.671. The monoisotopic (exact) mass is 423 g/mol. The molecule has 1 aliphatic heterocycles. The lowest BCUT2D eigenvalue weighted by Gasteiger charge is -2.23. The number of hydrogen-bond donors (Lipinski definition) is 2. The van der Waals surface area contributed by atoms with Crippen molar-refractivity contribution in [3.05, 3.63) is 40.2 Å². The third-order valence-electron chi connectivity index (χ3n) is 4.59. The largest absolute Gasteiger partial charge is 0.462 e. The molecule has 2 heterocycles. The van der Waals surface area contributed by atoms with E-state index in [1.54, 1.807) is 13.0 Å². The Morgan fingerprint density at radius 1 is 1.25 bits per heavy atom. The fourth-order valence-electron chi connectivity index (χ4n) is 3.12. The Kier molecular flexibility index (Phi) is 7.44. The SMILES string of the molecule is CCOC(=O)c1c(-c2ccccc2Cl)csc1NC(=O)CC[NH+]1CCOCC1. The Bertz CT molecular complexity index is 833. The summed E-state index contributed by atoms with van der Waals surface area (Å²) in [5, 5.41) is 5.76. The van der Waals surface area contributed by atoms with Gasteiger partial charge in [0.2, 0.25) is 5.91 Å². The van der Waals surface area contributed by atoms with E-state index in [0.717, 1.165) is 38.4 Å². The summed E-state index contributed by atoms with van der Waals surface area (Å²) in [6, 6.07) is 7.31. The average molecular weight is 424 g/mol. The van der Waals surface area contributed by atoms with Gasteiger partial charge in [0.1, 0.15) is 23.7 Å². The number of hydrogen-bond acceptors (Lipinski definition) is 5. The first-order valence-electron chi connectivity index (χ1n) is 9.34. The molecule has 2 N–H and O–H groups in total. The van der Waals surface area contributed by atoms with E-state index in [9.17, 15) is 9.59 Å². The van der Waals surface area contributed by atoms with Crippen LogP contribution in [-0.4, -0.2) is 51.3 Å². The summed E-state index contributed by atoms with van der Waals surface area (Å²) in [6.07, 6.45) is 0.386. The molecule has 1 fully saturated rings. The van der Waals surface area contributed by atoms with Crippen LogP contribution in [0.4, 0.5) is 5.00 Å². The minimum Gasteiger partial charge on any atom is -0.462 e. The highest BCUT2D eigenvalue weighted by atomic mass is 35.5. The lowest BCUT2D eigenvalue weighted by molar-refractivity contribution is -0.907. The summed E-state index contributed by atoms with van der Waals surface area (Å²) in [5.74, 6) is -0.579. The van der Waals surface area contributed by atoms with Gasteiger partial charge in [-0.1, -0.05) is 29.8 Å². The zero-order valence-corrected chi connectivity index (χ0v) is 17.3. The molecule has 0 spiro atoms. The first kappa shape index (κ1) is 20.8. The molecule has 6 nitrogen and oxygen atoms in total. The van der Waals surface area contributed by atoms with Gasteiger partial charge in [-0.15, -0.1) is 11.3 Å². The lowest BCUT2D eigenvalue weighted by atomic mass is 10.0. The summed E-state index contributed by atoms with van der Waals surface area (Å²) in [7, 11) is 0. The molecular weight excluding hydrogens is 400 g/mol. The molecular formula is C20H24ClN2O4S+. The molecule has 0 aliphatic carbocycles. The van der Waals surface area contributed by atoms with Gasteiger partial charge in [-0.25, -0.2) is 4.79 Å². The highest BCUT2D eigenvalue weighted by Crippen LogP contribution is 2.39. The highest BCUT2D eigenvalue weighted by Gasteiger charge is 2.24. The van der Waals surface area contributed by atoms with Crippen molar-refractivity contribution in [3.63, 3.8) is 0 Å². The van der Waals surface area contributed by atoms with E-state index in [4.69, 9.17) is 21.1 Å². The summed E-state index contributed by atoms with van der Waals surface area (Å²) in [5.41, 5.74) is 1.76. The Morgan fingerprint density at radius 2 is 2.00 bits per heavy atom. The van der Waals surface area contributed by atoms with E-state index in [0.29, 0.717) is 27.6 Å². The van der Waals surface area contributed by atoms with E-state index in [2.05, 4.69) is 5.32 Å². The average Bonchev–Trinajstić information content (AvgIpc) is 3.11. The number of halogens is 1. The van der Waals surface area contributed by atoms with E-state index in [-0.39, 0.29) is 12.5 Å². The van der Waals surface area contributed by atoms with Crippen LogP contribution in [0.5, 0.6) is 0 Å². The second kappa shape index (κ2) is 10.0. The smallest absolute Gasteiger partial charge is 0.341 e. The number of ether oxygens (including phenoxy) is 2. The van der Waals surface area contributed by atoms with Crippen LogP contribution in [0.2, 0.25) is 5.02 Å². The third kappa shape index (κ3) is 5.11. The van der Waals surface area contributed by atoms with Crippen LogP contribution in [-0.2, 0) is 14.3 Å². The normalized spacial score (nSPS) is 14.6. The molecule has 0 bridgehead atoms. The van der Waals surface area contributed by atoms with Gasteiger partial charge in [0.25, 0.3) is 0 Å². The molecule has 150 valence electrons. The summed E-state index contributed by atoms with van der Waals surface area (Å²) >= 11 is 7.62. The number of quaternary nitrogens is 1. The molecule has 0 atom stereocenters. The zero-order chi connectivity index (χ0) is 19.9. The molecule has 0 unspecified atom stereocenters. The van der Waals surface area contributed by atoms with Crippen molar-refractivity contribution in [3.8, 4) is 11.1 Å². The number of carbonyl (C=O) groups is 2. The van der Waals surface area contributed by atoms with Gasteiger partial charge in [0.05, 0.1) is 32.8 Å². The minimum absolute atomic E-state index is 0.114. The van der Waals surface area contributed by atoms with Gasteiger partial charge in [0, 0.05) is 21.5 Å². The Hall–Kier alpha value is -1.93. The van der Waals surface area contributed by atoms with Crippen LogP contribution < -0.4 is 10.2 Å². The zero-order valence-electron chi connectivity index (χ0n) is 15.8. The number of amides is 1. The van der Waals surface area contributed by atoms with Crippen molar-refractivity contribution < 1.29 is 24.0 Å². The predicted molar refractivity (Wildman–Crippen MR) is 110 cm³/mol. The molecule has 28 heavy (non-hydrogen) atoms. The summed E-state index contributed by atoms with van der Waals surface area (Å²) in [6.45, 7) is 6.04. The molecule has 0 saturated carbocycles. The van der Waals surface area contributed by atoms with Gasteiger partial charge in [-0.2, -0.15) is 0 Å². The molecule has 3 rings (SSSR count). The molecule has 1 aromatic heterocycles. The number of benzene rings is 1. The standard InChI is InChI=1S/C20H23ClN2O4S/c1-2-27-20(25)18-15(14-5-3-4-6-16(14)21)13-28-19(18)22-17(24)7-8-23-9-11-26-12-10-23/h3-6,13H,2,7-12H2,1H3,(H,22,24)/p+1. The number of carbonyl (C=O) groups excluding carboxylic acids is 2. The number of esters is 1. The molecule has 8 heteroatoms. The van der Waals surface area contributed by atoms with Crippen molar-refractivity contribution in [2.45, 2.75) is 13.3 Å². The van der Waals surface area contributed by atoms with Crippen LogP contribution in [0.3, 0.4) is 0 Å². The van der Waals surface area contributed by atoms with Crippen LogP contribution in [0.1, 0.15) is 23.7 Å². The van der Waals surface area contributed by atoms with Gasteiger partial charge in [-0.3, -0.25) is 4.79 Å². The van der Waals surface area contributed by atoms with Crippen molar-refractivity contribution in [2.75, 3.05) is 44.8 Å². The van der Waals surface area contributed by atoms with Crippen molar-refractivity contribution in [1.29, 1.82) is 0 Å². The minimum atomic E-state index is -0.465. The third-order valence-corrected chi connectivity index (χ3v) is 5.82. The van der Waals surface area contributed by atoms with Gasteiger partial charge in [0.15, 0.2) is 0 Å². The Labute approximate surface area is 173 Å². The second-order valence-electron chi connectivity index (χ2n) is 6.46. The van der Waals surface area contributed by atoms with Crippen molar-refractivity contribution in [2.24, 2.45) is 0 Å². The van der Waals surface area contributed by atoms with Crippen LogP contribution in [0.15, 0.2) is 29.6 Å². The van der Waals surface area contributed by atoms with E-state index in [1.165, 1.54) is 16.2 Å². The molecule has 1 aromatic carbocycles. The number of morpholine rings is 1. The molecule has 1 saturated heterocycles. The fraction of sp³-hybridized carbons (Fsp3) is 0.400. The lowest BCUT2D eigenvalue weighted by Crippen LogP contribution is -3.14. The van der Waals surface area contributed by atoms with Gasteiger partial charge >= 0.3 is 5.97 Å². The van der Waals surface area contributed by atoms with Gasteiger partial charge < -0.3 is 19.7 Å². The first-order valence-corrected chi connectivity index (χ1v) is 10.6. The maximum atomic E-state index is 12.6. The van der Waals surface area contributed by atoms with E-state index < -0.39 is 5.97 Å². The molecule has 1 amide bonds. The topological polar surface area (TPSA) is 69.1 Å². The molecule has 0 radical (unpaired) electrons. The second-order valence-corrected chi connectivity index (χ2v) is 7.75. The summed E-state index contributed by atoms with van der Waals surface area (Å²) in [4.78, 5) is 26.4. The summed E-state index contributed by atoms with van der Waals surface area (Å²) < 4.78 is 10.6. The van der Waals surface area contributed by atoms with Gasteiger partial charge in [-0.05, 0) is 13.0 Å². The maximum Gasteiger partial charge on any atom is 0.341 e. The first-order chi connectivity index (χ1) is 13.6. The number of nitrogens with one attached hydrogen (secondary N) is 2. The highest BCUT2D eigenvalue weighted by molar-refractivity contribution is 7.15. The van der Waals surface area contributed by atoms with Crippen LogP contribution in [0, 0.1) is 0 Å². The van der Waals surface area contributed by atoms with Crippen LogP contribution in [0.25, 0.3) is 11.1 Å². The number of thiophene rings is 1. The Balaban J connectivity index is 1.77. The van der Waals surface area contributed by atoms with Crippen molar-refractivity contribution in [1.82, 2.24) is 0 Å². The molecule has 1 aliphatic rings. The molecule has 2 aromatic rings.